The first-order chi connectivity index (χ1) is 9.19. The van der Waals surface area contributed by atoms with Crippen molar-refractivity contribution in [3.05, 3.63) is 42.0 Å². The summed E-state index contributed by atoms with van der Waals surface area (Å²) in [6, 6.07) is 11.7. The van der Waals surface area contributed by atoms with Crippen LogP contribution in [0.3, 0.4) is 0 Å². The molecule has 102 valence electrons. The average molecular weight is 260 g/mol. The molecule has 4 heteroatoms. The van der Waals surface area contributed by atoms with Gasteiger partial charge < -0.3 is 20.9 Å². The summed E-state index contributed by atoms with van der Waals surface area (Å²) >= 11 is 0. The van der Waals surface area contributed by atoms with Gasteiger partial charge in [-0.2, -0.15) is 0 Å². The largest absolute Gasteiger partial charge is 0.497 e. The van der Waals surface area contributed by atoms with Crippen LogP contribution in [0.5, 0.6) is 5.75 Å². The molecule has 2 aromatic carbocycles. The van der Waals surface area contributed by atoms with Gasteiger partial charge in [0, 0.05) is 12.1 Å². The van der Waals surface area contributed by atoms with Crippen molar-refractivity contribution >= 4 is 10.8 Å². The van der Waals surface area contributed by atoms with E-state index in [2.05, 4.69) is 11.4 Å². The molecular formula is C15H20N2O2. The van der Waals surface area contributed by atoms with E-state index < -0.39 is 0 Å². The molecule has 2 unspecified atom stereocenters. The van der Waals surface area contributed by atoms with Crippen LogP contribution in [0, 0.1) is 0 Å². The van der Waals surface area contributed by atoms with Crippen molar-refractivity contribution in [1.29, 1.82) is 0 Å². The number of hydrogen-bond acceptors (Lipinski definition) is 4. The van der Waals surface area contributed by atoms with Gasteiger partial charge in [-0.05, 0) is 41.6 Å². The lowest BCUT2D eigenvalue weighted by atomic mass is 9.97. The first-order valence-electron chi connectivity index (χ1n) is 6.31. The fourth-order valence-corrected chi connectivity index (χ4v) is 2.30. The molecular weight excluding hydrogens is 240 g/mol. The van der Waals surface area contributed by atoms with Crippen LogP contribution < -0.4 is 15.8 Å². The van der Waals surface area contributed by atoms with Gasteiger partial charge in [0.05, 0.1) is 13.7 Å². The molecule has 4 nitrogen and oxygen atoms in total. The number of likely N-dealkylation sites (N-methyl/N-ethyl adjacent to an activating group) is 1. The third-order valence-electron chi connectivity index (χ3n) is 3.38. The Kier molecular flexibility index (Phi) is 4.37. The van der Waals surface area contributed by atoms with E-state index in [0.29, 0.717) is 0 Å². The Morgan fingerprint density at radius 2 is 1.89 bits per heavy atom. The van der Waals surface area contributed by atoms with Crippen molar-refractivity contribution in [1.82, 2.24) is 5.32 Å². The number of aliphatic hydroxyl groups excluding tert-OH is 1. The summed E-state index contributed by atoms with van der Waals surface area (Å²) in [7, 11) is 3.51. The molecule has 0 radical (unpaired) electrons. The number of aliphatic hydroxyl groups is 1. The van der Waals surface area contributed by atoms with Crippen LogP contribution in [0.1, 0.15) is 11.6 Å². The Hall–Kier alpha value is -1.62. The van der Waals surface area contributed by atoms with Gasteiger partial charge in [-0.3, -0.25) is 0 Å². The van der Waals surface area contributed by atoms with Crippen molar-refractivity contribution in [3.8, 4) is 5.75 Å². The summed E-state index contributed by atoms with van der Waals surface area (Å²) in [5, 5.41) is 14.6. The zero-order valence-electron chi connectivity index (χ0n) is 11.3. The van der Waals surface area contributed by atoms with Crippen molar-refractivity contribution < 1.29 is 9.84 Å². The molecule has 2 atom stereocenters. The van der Waals surface area contributed by atoms with E-state index in [9.17, 15) is 5.11 Å². The van der Waals surface area contributed by atoms with Gasteiger partial charge in [-0.25, -0.2) is 0 Å². The van der Waals surface area contributed by atoms with Crippen LogP contribution >= 0.6 is 0 Å². The predicted octanol–water partition coefficient (Wildman–Crippen LogP) is 1.43. The van der Waals surface area contributed by atoms with Crippen LogP contribution in [0.4, 0.5) is 0 Å². The lowest BCUT2D eigenvalue weighted by molar-refractivity contribution is 0.240. The predicted molar refractivity (Wildman–Crippen MR) is 77.4 cm³/mol. The number of ether oxygens (including phenoxy) is 1. The maximum Gasteiger partial charge on any atom is 0.119 e. The molecule has 0 aliphatic carbocycles. The average Bonchev–Trinajstić information content (AvgIpc) is 2.47. The molecule has 0 aliphatic rings. The number of fused-ring (bicyclic) bond motifs is 1. The molecule has 4 N–H and O–H groups in total. The van der Waals surface area contributed by atoms with Crippen molar-refractivity contribution in [2.24, 2.45) is 5.73 Å². The van der Waals surface area contributed by atoms with Gasteiger partial charge in [-0.1, -0.05) is 18.2 Å². The number of rotatable bonds is 5. The summed E-state index contributed by atoms with van der Waals surface area (Å²) in [6.07, 6.45) is 0. The second kappa shape index (κ2) is 6.02. The molecule has 2 aromatic rings. The molecule has 0 fully saturated rings. The van der Waals surface area contributed by atoms with Crippen LogP contribution in [0.2, 0.25) is 0 Å². The smallest absolute Gasteiger partial charge is 0.119 e. The van der Waals surface area contributed by atoms with Crippen molar-refractivity contribution in [2.75, 3.05) is 20.8 Å². The third-order valence-corrected chi connectivity index (χ3v) is 3.38. The van der Waals surface area contributed by atoms with E-state index in [1.54, 1.807) is 7.11 Å². The molecule has 0 saturated carbocycles. The second-order valence-electron chi connectivity index (χ2n) is 4.59. The summed E-state index contributed by atoms with van der Waals surface area (Å²) < 4.78 is 5.21. The van der Waals surface area contributed by atoms with Crippen molar-refractivity contribution in [3.63, 3.8) is 0 Å². The number of benzene rings is 2. The molecule has 2 rings (SSSR count). The van der Waals surface area contributed by atoms with Crippen LogP contribution in [-0.4, -0.2) is 31.9 Å². The fraction of sp³-hybridized carbons (Fsp3) is 0.333. The highest BCUT2D eigenvalue weighted by atomic mass is 16.5. The highest BCUT2D eigenvalue weighted by Gasteiger charge is 2.17. The Morgan fingerprint density at radius 3 is 2.53 bits per heavy atom. The minimum absolute atomic E-state index is 0.0494. The highest BCUT2D eigenvalue weighted by Crippen LogP contribution is 2.25. The Labute approximate surface area is 113 Å². The van der Waals surface area contributed by atoms with Gasteiger partial charge in [0.15, 0.2) is 0 Å². The quantitative estimate of drug-likeness (QED) is 0.761. The summed E-state index contributed by atoms with van der Waals surface area (Å²) in [5.41, 5.74) is 6.99. The summed E-state index contributed by atoms with van der Waals surface area (Å²) in [6.45, 7) is -0.0494. The monoisotopic (exact) mass is 260 g/mol. The number of hydrogen-bond donors (Lipinski definition) is 3. The van der Waals surface area contributed by atoms with Crippen LogP contribution in [-0.2, 0) is 0 Å². The van der Waals surface area contributed by atoms with Crippen LogP contribution in [0.15, 0.2) is 36.4 Å². The second-order valence-corrected chi connectivity index (χ2v) is 4.59. The van der Waals surface area contributed by atoms with E-state index in [-0.39, 0.29) is 18.7 Å². The maximum absolute atomic E-state index is 9.20. The molecule has 0 aliphatic heterocycles. The van der Waals surface area contributed by atoms with E-state index >= 15 is 0 Å². The molecule has 19 heavy (non-hydrogen) atoms. The summed E-state index contributed by atoms with van der Waals surface area (Å²) in [5.74, 6) is 0.845. The third kappa shape index (κ3) is 2.87. The molecule has 0 bridgehead atoms. The van der Waals surface area contributed by atoms with Crippen molar-refractivity contribution in [2.45, 2.75) is 12.1 Å². The SMILES string of the molecule is CNC(c1ccc2cc(OC)ccc2c1)C(N)CO. The first kappa shape index (κ1) is 13.8. The molecule has 0 aromatic heterocycles. The van der Waals surface area contributed by atoms with Gasteiger partial charge in [0.2, 0.25) is 0 Å². The first-order valence-corrected chi connectivity index (χ1v) is 6.31. The minimum atomic E-state index is -0.319. The number of nitrogens with two attached hydrogens (primary N) is 1. The topological polar surface area (TPSA) is 67.5 Å². The lowest BCUT2D eigenvalue weighted by Gasteiger charge is -2.22. The van der Waals surface area contributed by atoms with Gasteiger partial charge in [0.1, 0.15) is 5.75 Å². The van der Waals surface area contributed by atoms with Crippen LogP contribution in [0.25, 0.3) is 10.8 Å². The van der Waals surface area contributed by atoms with E-state index in [4.69, 9.17) is 10.5 Å². The van der Waals surface area contributed by atoms with Gasteiger partial charge in [0.25, 0.3) is 0 Å². The summed E-state index contributed by atoms with van der Waals surface area (Å²) in [4.78, 5) is 0. The molecule has 0 heterocycles. The Balaban J connectivity index is 2.40. The molecule has 0 saturated heterocycles. The Bertz CT molecular complexity index is 557. The standard InChI is InChI=1S/C15H20N2O2/c1-17-15(14(16)9-18)12-4-3-11-8-13(19-2)6-5-10(11)7-12/h3-8,14-15,17-18H,9,16H2,1-2H3. The van der Waals surface area contributed by atoms with E-state index in [0.717, 1.165) is 22.1 Å². The fourth-order valence-electron chi connectivity index (χ4n) is 2.30. The van der Waals surface area contributed by atoms with Gasteiger partial charge in [-0.15, -0.1) is 0 Å². The van der Waals surface area contributed by atoms with Gasteiger partial charge >= 0.3 is 0 Å². The zero-order valence-corrected chi connectivity index (χ0v) is 11.3. The normalized spacial score (nSPS) is 14.3. The molecule has 0 spiro atoms. The number of methoxy groups -OCH3 is 1. The number of nitrogens with one attached hydrogen (secondary N) is 1. The van der Waals surface area contributed by atoms with E-state index in [1.807, 2.05) is 37.4 Å². The lowest BCUT2D eigenvalue weighted by Crippen LogP contribution is -2.38. The minimum Gasteiger partial charge on any atom is -0.497 e. The highest BCUT2D eigenvalue weighted by molar-refractivity contribution is 5.84. The molecule has 0 amide bonds. The maximum atomic E-state index is 9.20. The van der Waals surface area contributed by atoms with E-state index in [1.165, 1.54) is 0 Å². The Morgan fingerprint density at radius 1 is 1.21 bits per heavy atom. The zero-order chi connectivity index (χ0) is 13.8.